The highest BCUT2D eigenvalue weighted by Gasteiger charge is 2.37. The molecule has 2 aromatic rings. The number of hydrogen-bond acceptors (Lipinski definition) is 4. The lowest BCUT2D eigenvalue weighted by Gasteiger charge is -2.26. The molecule has 2 aromatic carbocycles. The van der Waals surface area contributed by atoms with Crippen molar-refractivity contribution >= 4 is 17.6 Å². The maximum atomic E-state index is 12.8. The molecule has 0 saturated carbocycles. The summed E-state index contributed by atoms with van der Waals surface area (Å²) >= 11 is 0. The molecule has 2 amide bonds. The van der Waals surface area contributed by atoms with E-state index in [9.17, 15) is 9.59 Å². The Morgan fingerprint density at radius 3 is 2.61 bits per heavy atom. The Labute approximate surface area is 164 Å². The van der Waals surface area contributed by atoms with E-state index in [0.717, 1.165) is 16.7 Å². The Morgan fingerprint density at radius 2 is 2.00 bits per heavy atom. The van der Waals surface area contributed by atoms with Crippen LogP contribution in [0.25, 0.3) is 0 Å². The number of ether oxygens (including phenoxy) is 1. The smallest absolute Gasteiger partial charge is 0.270 e. The van der Waals surface area contributed by atoms with E-state index >= 15 is 0 Å². The van der Waals surface area contributed by atoms with Gasteiger partial charge in [0.05, 0.1) is 0 Å². The highest BCUT2D eigenvalue weighted by Crippen LogP contribution is 2.27. The van der Waals surface area contributed by atoms with Gasteiger partial charge in [0.1, 0.15) is 5.84 Å². The fourth-order valence-electron chi connectivity index (χ4n) is 3.30. The first-order valence-corrected chi connectivity index (χ1v) is 9.14. The summed E-state index contributed by atoms with van der Waals surface area (Å²) in [6.07, 6.45) is -0.985. The molecule has 0 spiro atoms. The molecule has 0 unspecified atom stereocenters. The molecule has 0 saturated heterocycles. The summed E-state index contributed by atoms with van der Waals surface area (Å²) in [5.74, 6) is -0.557. The van der Waals surface area contributed by atoms with Crippen molar-refractivity contribution in [2.24, 2.45) is 5.73 Å². The second kappa shape index (κ2) is 8.22. The Hall–Kier alpha value is -3.19. The van der Waals surface area contributed by atoms with Gasteiger partial charge >= 0.3 is 0 Å². The Bertz CT molecular complexity index is 908. The van der Waals surface area contributed by atoms with E-state index < -0.39 is 6.23 Å². The van der Waals surface area contributed by atoms with Crippen molar-refractivity contribution in [3.05, 3.63) is 70.3 Å². The summed E-state index contributed by atoms with van der Waals surface area (Å²) in [6.45, 7) is 4.63. The third-order valence-corrected chi connectivity index (χ3v) is 4.74. The number of amides is 2. The van der Waals surface area contributed by atoms with Crippen molar-refractivity contribution in [3.63, 3.8) is 0 Å². The molecular formula is C21H24N4O3. The number of nitrogens with one attached hydrogen (secondary N) is 2. The molecule has 4 N–H and O–H groups in total. The fourth-order valence-corrected chi connectivity index (χ4v) is 3.30. The van der Waals surface area contributed by atoms with Crippen LogP contribution in [0.2, 0.25) is 0 Å². The van der Waals surface area contributed by atoms with Gasteiger partial charge in [-0.1, -0.05) is 42.5 Å². The summed E-state index contributed by atoms with van der Waals surface area (Å²) in [5, 5.41) is 10.2. The summed E-state index contributed by atoms with van der Waals surface area (Å²) in [5.41, 5.74) is 9.39. The zero-order valence-electron chi connectivity index (χ0n) is 16.0. The van der Waals surface area contributed by atoms with Gasteiger partial charge < -0.3 is 20.7 Å². The number of rotatable bonds is 7. The number of benzene rings is 2. The number of carbonyl (C=O) groups is 2. The molecule has 1 heterocycles. The number of carbonyl (C=O) groups excluding carboxylic acids is 2. The van der Waals surface area contributed by atoms with Crippen molar-refractivity contribution in [3.8, 4) is 0 Å². The van der Waals surface area contributed by atoms with Crippen molar-refractivity contribution in [1.82, 2.24) is 10.2 Å². The van der Waals surface area contributed by atoms with E-state index in [-0.39, 0.29) is 24.2 Å². The standard InChI is InChI=1S/C21H24N4O3/c1-3-28-21(25-12-16-6-4-5-13(2)17(16)20(25)27)19(26)24-11-14-7-9-15(10-8-14)18(22)23/h4-10,21H,3,11-12H2,1-2H3,(H3,22,23)(H,24,26)/t21-/m0/s1. The van der Waals surface area contributed by atoms with Crippen molar-refractivity contribution in [1.29, 1.82) is 5.41 Å². The van der Waals surface area contributed by atoms with E-state index in [1.165, 1.54) is 4.90 Å². The average Bonchev–Trinajstić information content (AvgIpc) is 3.02. The minimum absolute atomic E-state index is 0.00518. The number of nitrogen functional groups attached to an aromatic ring is 1. The molecule has 146 valence electrons. The van der Waals surface area contributed by atoms with E-state index in [0.29, 0.717) is 24.3 Å². The van der Waals surface area contributed by atoms with Crippen molar-refractivity contribution in [2.75, 3.05) is 6.61 Å². The van der Waals surface area contributed by atoms with Crippen LogP contribution < -0.4 is 11.1 Å². The monoisotopic (exact) mass is 380 g/mol. The Morgan fingerprint density at radius 1 is 1.29 bits per heavy atom. The van der Waals surface area contributed by atoms with Crippen LogP contribution in [0.1, 0.15) is 39.5 Å². The molecule has 7 nitrogen and oxygen atoms in total. The molecular weight excluding hydrogens is 356 g/mol. The number of nitrogens with two attached hydrogens (primary N) is 1. The van der Waals surface area contributed by atoms with E-state index in [1.807, 2.05) is 25.1 Å². The van der Waals surface area contributed by atoms with E-state index in [2.05, 4.69) is 5.32 Å². The zero-order valence-corrected chi connectivity index (χ0v) is 16.0. The number of amidine groups is 1. The predicted molar refractivity (Wildman–Crippen MR) is 106 cm³/mol. The lowest BCUT2D eigenvalue weighted by molar-refractivity contribution is -0.143. The largest absolute Gasteiger partial charge is 0.384 e. The highest BCUT2D eigenvalue weighted by molar-refractivity contribution is 6.02. The molecule has 3 rings (SSSR count). The van der Waals surface area contributed by atoms with Crippen molar-refractivity contribution < 1.29 is 14.3 Å². The lowest BCUT2D eigenvalue weighted by atomic mass is 10.0. The van der Waals surface area contributed by atoms with Crippen LogP contribution in [0.4, 0.5) is 0 Å². The molecule has 7 heteroatoms. The Balaban J connectivity index is 1.70. The topological polar surface area (TPSA) is 109 Å². The van der Waals surface area contributed by atoms with Gasteiger partial charge in [-0.2, -0.15) is 0 Å². The molecule has 0 bridgehead atoms. The SMILES string of the molecule is CCO[C@@H](C(=O)NCc1ccc(C(=N)N)cc1)N1Cc2cccc(C)c2C1=O. The maximum absolute atomic E-state index is 12.8. The van der Waals surface area contributed by atoms with Gasteiger partial charge in [0.25, 0.3) is 11.8 Å². The second-order valence-corrected chi connectivity index (χ2v) is 6.68. The second-order valence-electron chi connectivity index (χ2n) is 6.68. The van der Waals surface area contributed by atoms with Gasteiger partial charge in [0, 0.05) is 30.8 Å². The Kier molecular flexibility index (Phi) is 5.75. The first kappa shape index (κ1) is 19.6. The summed E-state index contributed by atoms with van der Waals surface area (Å²) in [4.78, 5) is 27.1. The summed E-state index contributed by atoms with van der Waals surface area (Å²) in [7, 11) is 0. The molecule has 0 fully saturated rings. The van der Waals surface area contributed by atoms with Gasteiger partial charge in [-0.25, -0.2) is 0 Å². The molecule has 28 heavy (non-hydrogen) atoms. The minimum atomic E-state index is -0.985. The molecule has 1 aliphatic heterocycles. The third-order valence-electron chi connectivity index (χ3n) is 4.74. The number of nitrogens with zero attached hydrogens (tertiary/aromatic N) is 1. The third kappa shape index (κ3) is 3.89. The van der Waals surface area contributed by atoms with Crippen LogP contribution in [-0.2, 0) is 22.6 Å². The molecule has 0 radical (unpaired) electrons. The number of fused-ring (bicyclic) bond motifs is 1. The lowest BCUT2D eigenvalue weighted by Crippen LogP contribution is -2.48. The van der Waals surface area contributed by atoms with E-state index in [1.54, 1.807) is 31.2 Å². The molecule has 0 aromatic heterocycles. The molecule has 1 atom stereocenters. The average molecular weight is 380 g/mol. The normalized spacial score (nSPS) is 13.9. The fraction of sp³-hybridized carbons (Fsp3) is 0.286. The predicted octanol–water partition coefficient (Wildman–Crippen LogP) is 1.91. The zero-order chi connectivity index (χ0) is 20.3. The molecule has 1 aliphatic rings. The highest BCUT2D eigenvalue weighted by atomic mass is 16.5. The van der Waals surface area contributed by atoms with Gasteiger partial charge in [-0.3, -0.25) is 15.0 Å². The van der Waals surface area contributed by atoms with E-state index in [4.69, 9.17) is 15.9 Å². The van der Waals surface area contributed by atoms with Crippen LogP contribution in [0.5, 0.6) is 0 Å². The van der Waals surface area contributed by atoms with Crippen LogP contribution in [0, 0.1) is 12.3 Å². The molecule has 0 aliphatic carbocycles. The maximum Gasteiger partial charge on any atom is 0.270 e. The van der Waals surface area contributed by atoms with Crippen LogP contribution in [-0.4, -0.2) is 35.4 Å². The van der Waals surface area contributed by atoms with Gasteiger partial charge in [0.15, 0.2) is 0 Å². The number of aryl methyl sites for hydroxylation is 1. The van der Waals surface area contributed by atoms with Gasteiger partial charge in [-0.15, -0.1) is 0 Å². The van der Waals surface area contributed by atoms with Crippen molar-refractivity contribution in [2.45, 2.75) is 33.2 Å². The minimum Gasteiger partial charge on any atom is -0.384 e. The first-order chi connectivity index (χ1) is 13.4. The number of hydrogen-bond donors (Lipinski definition) is 3. The first-order valence-electron chi connectivity index (χ1n) is 9.14. The van der Waals surface area contributed by atoms with Gasteiger partial charge in [0.2, 0.25) is 6.23 Å². The van der Waals surface area contributed by atoms with Crippen LogP contribution in [0.15, 0.2) is 42.5 Å². The van der Waals surface area contributed by atoms with Crippen LogP contribution >= 0.6 is 0 Å². The summed E-state index contributed by atoms with van der Waals surface area (Å²) in [6, 6.07) is 12.8. The quantitative estimate of drug-likeness (QED) is 0.504. The summed E-state index contributed by atoms with van der Waals surface area (Å²) < 4.78 is 5.62. The van der Waals surface area contributed by atoms with Gasteiger partial charge in [-0.05, 0) is 30.5 Å². The van der Waals surface area contributed by atoms with Crippen LogP contribution in [0.3, 0.4) is 0 Å².